The molecule has 0 radical (unpaired) electrons. The summed E-state index contributed by atoms with van der Waals surface area (Å²) in [5.41, 5.74) is 3.50. The van der Waals surface area contributed by atoms with Crippen LogP contribution in [-0.4, -0.2) is 13.2 Å². The summed E-state index contributed by atoms with van der Waals surface area (Å²) in [4.78, 5) is 0. The second-order valence-electron chi connectivity index (χ2n) is 7.20. The number of anilines is 1. The molecule has 3 rings (SSSR count). The number of rotatable bonds is 12. The third kappa shape index (κ3) is 6.27. The maximum Gasteiger partial charge on any atom is 0.165 e. The predicted octanol–water partition coefficient (Wildman–Crippen LogP) is 6.54. The molecule has 3 aromatic rings. The van der Waals surface area contributed by atoms with Gasteiger partial charge in [0.15, 0.2) is 11.5 Å². The number of hydrogen-bond acceptors (Lipinski definition) is 4. The van der Waals surface area contributed by atoms with Gasteiger partial charge in [-0.3, -0.25) is 0 Å². The highest BCUT2D eigenvalue weighted by Gasteiger charge is 2.14. The molecule has 3 aromatic carbocycles. The summed E-state index contributed by atoms with van der Waals surface area (Å²) in [6.45, 7) is 9.65. The van der Waals surface area contributed by atoms with Gasteiger partial charge < -0.3 is 19.5 Å². The molecular formula is C27H30FNO3. The van der Waals surface area contributed by atoms with E-state index in [4.69, 9.17) is 14.2 Å². The topological polar surface area (TPSA) is 39.7 Å². The van der Waals surface area contributed by atoms with Gasteiger partial charge in [0.05, 0.1) is 13.2 Å². The lowest BCUT2D eigenvalue weighted by Crippen LogP contribution is -2.06. The summed E-state index contributed by atoms with van der Waals surface area (Å²) < 4.78 is 31.5. The zero-order valence-corrected chi connectivity index (χ0v) is 18.7. The average molecular weight is 436 g/mol. The third-order valence-electron chi connectivity index (χ3n) is 4.85. The highest BCUT2D eigenvalue weighted by atomic mass is 19.1. The number of nitrogens with one attached hydrogen (secondary N) is 1. The molecule has 0 saturated carbocycles. The lowest BCUT2D eigenvalue weighted by atomic mass is 10.0. The van der Waals surface area contributed by atoms with Crippen molar-refractivity contribution in [1.82, 2.24) is 0 Å². The molecule has 0 aliphatic carbocycles. The summed E-state index contributed by atoms with van der Waals surface area (Å²) in [5.74, 6) is 1.83. The molecule has 0 aliphatic rings. The molecule has 4 nitrogen and oxygen atoms in total. The van der Waals surface area contributed by atoms with E-state index >= 15 is 0 Å². The number of hydrogen-bond donors (Lipinski definition) is 1. The van der Waals surface area contributed by atoms with Gasteiger partial charge in [-0.1, -0.05) is 24.3 Å². The zero-order chi connectivity index (χ0) is 22.8. The second-order valence-corrected chi connectivity index (χ2v) is 7.20. The smallest absolute Gasteiger partial charge is 0.165 e. The number of allylic oxidation sites excluding steroid dienone is 1. The van der Waals surface area contributed by atoms with Crippen molar-refractivity contribution in [1.29, 1.82) is 0 Å². The fourth-order valence-corrected chi connectivity index (χ4v) is 3.36. The number of benzene rings is 3. The highest BCUT2D eigenvalue weighted by molar-refractivity contribution is 5.52. The maximum atomic E-state index is 14.0. The van der Waals surface area contributed by atoms with Crippen molar-refractivity contribution in [2.75, 3.05) is 18.5 Å². The predicted molar refractivity (Wildman–Crippen MR) is 127 cm³/mol. The van der Waals surface area contributed by atoms with Gasteiger partial charge in [-0.05, 0) is 68.3 Å². The summed E-state index contributed by atoms with van der Waals surface area (Å²) in [7, 11) is 0. The van der Waals surface area contributed by atoms with Crippen LogP contribution >= 0.6 is 0 Å². The van der Waals surface area contributed by atoms with Gasteiger partial charge in [0, 0.05) is 23.4 Å². The molecule has 0 heterocycles. The van der Waals surface area contributed by atoms with Crippen LogP contribution in [0, 0.1) is 5.82 Å². The van der Waals surface area contributed by atoms with Gasteiger partial charge in [0.2, 0.25) is 0 Å². The minimum atomic E-state index is -0.285. The lowest BCUT2D eigenvalue weighted by molar-refractivity contribution is 0.263. The molecule has 0 aromatic heterocycles. The van der Waals surface area contributed by atoms with Gasteiger partial charge in [0.1, 0.15) is 18.2 Å². The van der Waals surface area contributed by atoms with Crippen LogP contribution in [0.4, 0.5) is 10.1 Å². The van der Waals surface area contributed by atoms with Crippen LogP contribution in [0.3, 0.4) is 0 Å². The average Bonchev–Trinajstić information content (AvgIpc) is 2.80. The number of halogens is 1. The molecule has 0 unspecified atom stereocenters. The molecule has 0 atom stereocenters. The molecule has 1 N–H and O–H groups in total. The SMILES string of the molecule is C=CCc1cc(CNc2ccc(OCC)cc2)cc(OCC)c1OCc1ccccc1F. The van der Waals surface area contributed by atoms with Crippen molar-refractivity contribution >= 4 is 5.69 Å². The molecule has 0 bridgehead atoms. The van der Waals surface area contributed by atoms with E-state index in [1.807, 2.05) is 50.3 Å². The van der Waals surface area contributed by atoms with Gasteiger partial charge in [-0.2, -0.15) is 0 Å². The Morgan fingerprint density at radius 1 is 0.906 bits per heavy atom. The highest BCUT2D eigenvalue weighted by Crippen LogP contribution is 2.35. The molecular weight excluding hydrogens is 405 g/mol. The zero-order valence-electron chi connectivity index (χ0n) is 18.7. The summed E-state index contributed by atoms with van der Waals surface area (Å²) in [5, 5.41) is 3.43. The van der Waals surface area contributed by atoms with Gasteiger partial charge in [-0.25, -0.2) is 4.39 Å². The molecule has 5 heteroatoms. The Bertz CT molecular complexity index is 1020. The monoisotopic (exact) mass is 435 g/mol. The van der Waals surface area contributed by atoms with Gasteiger partial charge >= 0.3 is 0 Å². The molecule has 168 valence electrons. The van der Waals surface area contributed by atoms with Crippen molar-refractivity contribution in [2.45, 2.75) is 33.4 Å². The van der Waals surface area contributed by atoms with Crippen LogP contribution < -0.4 is 19.5 Å². The van der Waals surface area contributed by atoms with E-state index in [1.54, 1.807) is 18.2 Å². The first-order valence-electron chi connectivity index (χ1n) is 10.9. The maximum absolute atomic E-state index is 14.0. The first-order chi connectivity index (χ1) is 15.6. The summed E-state index contributed by atoms with van der Waals surface area (Å²) in [6, 6.07) is 18.5. The quantitative estimate of drug-likeness (QED) is 0.328. The Balaban J connectivity index is 1.79. The van der Waals surface area contributed by atoms with Gasteiger partial charge in [0.25, 0.3) is 0 Å². The van der Waals surface area contributed by atoms with Crippen molar-refractivity contribution in [3.8, 4) is 17.2 Å². The Morgan fingerprint density at radius 2 is 1.66 bits per heavy atom. The minimum Gasteiger partial charge on any atom is -0.494 e. The Hall–Kier alpha value is -3.47. The van der Waals surface area contributed by atoms with Crippen LogP contribution in [-0.2, 0) is 19.6 Å². The van der Waals surface area contributed by atoms with Crippen LogP contribution in [0.5, 0.6) is 17.2 Å². The van der Waals surface area contributed by atoms with Crippen molar-refractivity contribution in [2.24, 2.45) is 0 Å². The van der Waals surface area contributed by atoms with Gasteiger partial charge in [-0.15, -0.1) is 6.58 Å². The van der Waals surface area contributed by atoms with Crippen LogP contribution in [0.15, 0.2) is 73.3 Å². The van der Waals surface area contributed by atoms with Crippen molar-refractivity contribution < 1.29 is 18.6 Å². The van der Waals surface area contributed by atoms with Crippen LogP contribution in [0.25, 0.3) is 0 Å². The van der Waals surface area contributed by atoms with E-state index in [0.29, 0.717) is 43.2 Å². The summed E-state index contributed by atoms with van der Waals surface area (Å²) >= 11 is 0. The third-order valence-corrected chi connectivity index (χ3v) is 4.85. The first kappa shape index (κ1) is 23.2. The van der Waals surface area contributed by atoms with E-state index in [-0.39, 0.29) is 12.4 Å². The molecule has 0 fully saturated rings. The molecule has 0 amide bonds. The fourth-order valence-electron chi connectivity index (χ4n) is 3.36. The first-order valence-corrected chi connectivity index (χ1v) is 10.9. The van der Waals surface area contributed by atoms with Crippen molar-refractivity contribution in [3.05, 3.63) is 95.8 Å². The van der Waals surface area contributed by atoms with E-state index in [1.165, 1.54) is 6.07 Å². The Morgan fingerprint density at radius 3 is 2.34 bits per heavy atom. The van der Waals surface area contributed by atoms with Crippen LogP contribution in [0.2, 0.25) is 0 Å². The van der Waals surface area contributed by atoms with E-state index in [2.05, 4.69) is 18.0 Å². The molecule has 0 spiro atoms. The minimum absolute atomic E-state index is 0.126. The van der Waals surface area contributed by atoms with Crippen LogP contribution in [0.1, 0.15) is 30.5 Å². The second kappa shape index (κ2) is 11.8. The number of ether oxygens (including phenoxy) is 3. The Labute approximate surface area is 189 Å². The lowest BCUT2D eigenvalue weighted by Gasteiger charge is -2.18. The van der Waals surface area contributed by atoms with E-state index in [9.17, 15) is 4.39 Å². The van der Waals surface area contributed by atoms with Crippen molar-refractivity contribution in [3.63, 3.8) is 0 Å². The largest absolute Gasteiger partial charge is 0.494 e. The summed E-state index contributed by atoms with van der Waals surface area (Å²) in [6.07, 6.45) is 2.44. The molecule has 32 heavy (non-hydrogen) atoms. The normalized spacial score (nSPS) is 10.5. The van der Waals surface area contributed by atoms with E-state index in [0.717, 1.165) is 22.6 Å². The fraction of sp³-hybridized carbons (Fsp3) is 0.259. The Kier molecular flexibility index (Phi) is 8.55. The molecule has 0 saturated heterocycles. The standard InChI is InChI=1S/C27H30FNO3/c1-4-9-21-16-20(18-29-23-12-14-24(15-13-23)30-5-2)17-26(31-6-3)27(21)32-19-22-10-7-8-11-25(22)28/h4,7-8,10-17,29H,1,5-6,9,18-19H2,2-3H3. The molecule has 0 aliphatic heterocycles. The van der Waals surface area contributed by atoms with E-state index < -0.39 is 0 Å².